The Morgan fingerprint density at radius 2 is 0.600 bits per heavy atom. The van der Waals surface area contributed by atoms with E-state index >= 15 is 0 Å². The van der Waals surface area contributed by atoms with Crippen molar-refractivity contribution in [1.29, 1.82) is 0 Å². The fraction of sp³-hybridized carbons (Fsp3) is 0. The van der Waals surface area contributed by atoms with E-state index in [1.165, 1.54) is 107 Å². The van der Waals surface area contributed by atoms with Crippen LogP contribution in [-0.4, -0.2) is 14.5 Å². The van der Waals surface area contributed by atoms with Crippen LogP contribution in [-0.2, 0) is 0 Å². The monoisotopic (exact) mass is 826 g/mol. The van der Waals surface area contributed by atoms with Crippen molar-refractivity contribution < 1.29 is 4.42 Å². The minimum absolute atomic E-state index is 0.149. The van der Waals surface area contributed by atoms with Gasteiger partial charge in [-0.3, -0.25) is 0 Å². The quantitative estimate of drug-likeness (QED) is 0.127. The average molecular weight is 826 g/mol. The van der Waals surface area contributed by atoms with E-state index in [1.807, 2.05) is 0 Å². The molecule has 13 rings (SSSR count). The summed E-state index contributed by atoms with van der Waals surface area (Å²) in [6.07, 6.45) is 0. The van der Waals surface area contributed by atoms with E-state index in [1.54, 1.807) is 0 Å². The maximum atomic E-state index is 6.45. The molecular weight excluding hydrogens is 792 g/mol. The first-order valence-corrected chi connectivity index (χ1v) is 22.3. The van der Waals surface area contributed by atoms with Gasteiger partial charge in [0.15, 0.2) is 0 Å². The van der Waals surface area contributed by atoms with Crippen molar-refractivity contribution in [3.8, 4) is 44.5 Å². The van der Waals surface area contributed by atoms with Crippen molar-refractivity contribution in [2.24, 2.45) is 0 Å². The molecule has 0 aliphatic carbocycles. The Kier molecular flexibility index (Phi) is 7.39. The molecule has 0 radical (unpaired) electrons. The third-order valence-corrected chi connectivity index (χ3v) is 15.0. The minimum atomic E-state index is 0.149. The Balaban J connectivity index is 1.16. The first-order chi connectivity index (χ1) is 29.8. The Morgan fingerprint density at radius 3 is 1.07 bits per heavy atom. The van der Waals surface area contributed by atoms with Crippen LogP contribution in [0.15, 0.2) is 211 Å². The number of fused-ring (bicyclic) bond motifs is 10. The molecule has 0 aliphatic heterocycles. The van der Waals surface area contributed by atoms with E-state index < -0.39 is 0 Å². The molecule has 2 heteroatoms. The molecule has 60 heavy (non-hydrogen) atoms. The van der Waals surface area contributed by atoms with Gasteiger partial charge in [0.25, 0.3) is 0 Å². The summed E-state index contributed by atoms with van der Waals surface area (Å²) in [6.45, 7) is 0. The number of hydrogen-bond donors (Lipinski definition) is 0. The second-order valence-electron chi connectivity index (χ2n) is 15.8. The fourth-order valence-corrected chi connectivity index (χ4v) is 12.7. The number of rotatable bonds is 4. The molecule has 2 aromatic heterocycles. The molecule has 0 N–H and O–H groups in total. The average Bonchev–Trinajstić information content (AvgIpc) is 3.89. The zero-order valence-corrected chi connectivity index (χ0v) is 34.2. The first kappa shape index (κ1) is 33.7. The number of hydrogen-bond acceptors (Lipinski definition) is 1. The molecule has 0 atom stereocenters. The van der Waals surface area contributed by atoms with Gasteiger partial charge in [-0.2, -0.15) is 0 Å². The van der Waals surface area contributed by atoms with Crippen LogP contribution in [0.1, 0.15) is 0 Å². The molecule has 0 fully saturated rings. The van der Waals surface area contributed by atoms with Crippen molar-refractivity contribution in [2.75, 3.05) is 0 Å². The van der Waals surface area contributed by atoms with Crippen LogP contribution < -0.4 is 0 Å². The van der Waals surface area contributed by atoms with E-state index in [2.05, 4.69) is 206 Å². The molecule has 11 aromatic carbocycles. The summed E-state index contributed by atoms with van der Waals surface area (Å²) in [6, 6.07) is 76.1. The second-order valence-corrected chi connectivity index (χ2v) is 18.1. The van der Waals surface area contributed by atoms with Gasteiger partial charge in [-0.1, -0.05) is 6.07 Å². The van der Waals surface area contributed by atoms with Crippen LogP contribution in [0.2, 0.25) is 0 Å². The summed E-state index contributed by atoms with van der Waals surface area (Å²) < 4.78 is 9.32. The van der Waals surface area contributed by atoms with Crippen molar-refractivity contribution in [3.63, 3.8) is 0 Å². The van der Waals surface area contributed by atoms with Gasteiger partial charge in [0.1, 0.15) is 0 Å². The second kappa shape index (κ2) is 13.1. The summed E-state index contributed by atoms with van der Waals surface area (Å²) >= 11 is 0.149. The van der Waals surface area contributed by atoms with Gasteiger partial charge in [0.05, 0.1) is 0 Å². The van der Waals surface area contributed by atoms with Gasteiger partial charge in [-0.25, -0.2) is 0 Å². The molecule has 0 bridgehead atoms. The van der Waals surface area contributed by atoms with Crippen LogP contribution >= 0.6 is 0 Å². The normalized spacial score (nSPS) is 12.0. The fourth-order valence-electron chi connectivity index (χ4n) is 10.3. The van der Waals surface area contributed by atoms with E-state index in [0.717, 1.165) is 21.9 Å². The van der Waals surface area contributed by atoms with Crippen LogP contribution in [0.25, 0.3) is 129 Å². The van der Waals surface area contributed by atoms with Gasteiger partial charge >= 0.3 is 348 Å². The van der Waals surface area contributed by atoms with Crippen LogP contribution in [0, 0.1) is 0 Å². The van der Waals surface area contributed by atoms with Gasteiger partial charge in [-0.05, 0) is 0 Å². The summed E-state index contributed by atoms with van der Waals surface area (Å²) in [7, 11) is 0. The molecule has 0 saturated heterocycles. The third kappa shape index (κ3) is 4.81. The molecule has 0 saturated carbocycles. The molecule has 0 aliphatic rings. The Hall–Kier alpha value is -7.22. The first-order valence-electron chi connectivity index (χ1n) is 20.6. The van der Waals surface area contributed by atoms with Crippen LogP contribution in [0.5, 0.6) is 0 Å². The van der Waals surface area contributed by atoms with E-state index in [4.69, 9.17) is 4.42 Å². The Labute approximate surface area is 352 Å². The zero-order chi connectivity index (χ0) is 39.3. The van der Waals surface area contributed by atoms with Crippen molar-refractivity contribution in [1.82, 2.24) is 0 Å². The van der Waals surface area contributed by atoms with Gasteiger partial charge in [-0.15, -0.1) is 0 Å². The van der Waals surface area contributed by atoms with Crippen molar-refractivity contribution in [3.05, 3.63) is 206 Å². The van der Waals surface area contributed by atoms with E-state index in [-0.39, 0.29) is 14.5 Å². The van der Waals surface area contributed by atoms with Crippen LogP contribution in [0.3, 0.4) is 0 Å². The van der Waals surface area contributed by atoms with Crippen molar-refractivity contribution >= 4 is 98.8 Å². The maximum absolute atomic E-state index is 6.45. The summed E-state index contributed by atoms with van der Waals surface area (Å²) in [4.78, 5) is 0. The number of para-hydroxylation sites is 1. The zero-order valence-electron chi connectivity index (χ0n) is 32.4. The summed E-state index contributed by atoms with van der Waals surface area (Å²) in [5, 5.41) is 15.2. The van der Waals surface area contributed by atoms with E-state index in [0.29, 0.717) is 0 Å². The molecule has 278 valence electrons. The van der Waals surface area contributed by atoms with Gasteiger partial charge in [0, 0.05) is 0 Å². The van der Waals surface area contributed by atoms with Crippen molar-refractivity contribution in [2.45, 2.75) is 0 Å². The molecule has 13 aromatic rings. The standard InChI is InChI=1S/C58H34OSe/c1-2-17-35(18-3-1)52-36-19-4-6-21-38(36)54(39-22-7-5-20-37(39)52)46-29-15-33-50-57(46)58-47(30-16-34-51(58)60-50)55-42-25-10-8-23-40(42)53(41-24-9-11-26-43(41)55)45-28-14-32-49-56(45)44-27-12-13-31-48(44)59-49/h1-34H. The molecule has 2 heterocycles. The van der Waals surface area contributed by atoms with Crippen LogP contribution in [0.4, 0.5) is 0 Å². The molecule has 0 unspecified atom stereocenters. The summed E-state index contributed by atoms with van der Waals surface area (Å²) in [5.74, 6) is 0. The Bertz CT molecular complexity index is 3770. The van der Waals surface area contributed by atoms with E-state index in [9.17, 15) is 0 Å². The number of furan rings is 1. The molecule has 0 spiro atoms. The van der Waals surface area contributed by atoms with Gasteiger partial charge < -0.3 is 0 Å². The molecular formula is C58H34OSe. The molecule has 1 nitrogen and oxygen atoms in total. The predicted molar refractivity (Wildman–Crippen MR) is 257 cm³/mol. The number of benzene rings is 11. The summed E-state index contributed by atoms with van der Waals surface area (Å²) in [5.41, 5.74) is 12.0. The SMILES string of the molecule is c1ccc(-c2c3ccccc3c(-c3cccc4[se]c5cccc(-c6c7ccccc7c(-c7cccc8oc9ccccc9c78)c7ccccc67)c5c34)c3ccccc23)cc1. The Morgan fingerprint density at radius 1 is 0.250 bits per heavy atom. The topological polar surface area (TPSA) is 13.1 Å². The predicted octanol–water partition coefficient (Wildman–Crippen LogP) is 16.2. The van der Waals surface area contributed by atoms with Gasteiger partial charge in [0.2, 0.25) is 0 Å². The molecule has 0 amide bonds. The third-order valence-electron chi connectivity index (χ3n) is 12.7.